The summed E-state index contributed by atoms with van der Waals surface area (Å²) < 4.78 is 0. The highest BCUT2D eigenvalue weighted by atomic mass is 16.2. The lowest BCUT2D eigenvalue weighted by atomic mass is 10.2. The van der Waals surface area contributed by atoms with Crippen LogP contribution in [0.25, 0.3) is 0 Å². The normalized spacial score (nSPS) is 10.5. The van der Waals surface area contributed by atoms with E-state index in [9.17, 15) is 0 Å². The van der Waals surface area contributed by atoms with Crippen LogP contribution in [0, 0.1) is 0 Å². The molecule has 0 aliphatic heterocycles. The van der Waals surface area contributed by atoms with E-state index in [0.717, 1.165) is 25.7 Å². The molecule has 0 rings (SSSR count). The van der Waals surface area contributed by atoms with Gasteiger partial charge in [-0.05, 0) is 25.7 Å². The molecule has 0 fully saturated rings. The highest BCUT2D eigenvalue weighted by Crippen LogP contribution is 1.96. The molecule has 1 N–H and O–H groups in total. The third kappa shape index (κ3) is 7.44. The molecule has 0 aliphatic carbocycles. The maximum Gasteiger partial charge on any atom is 0.0431 e. The van der Waals surface area contributed by atoms with Crippen molar-refractivity contribution in [2.45, 2.75) is 25.7 Å². The van der Waals surface area contributed by atoms with Gasteiger partial charge in [-0.2, -0.15) is 0 Å². The fourth-order valence-corrected chi connectivity index (χ4v) is 0.684. The Bertz CT molecular complexity index is 94.9. The standard InChI is InChI=1S/C9H16O/c1-2-3-4-5-6-7-8-9-10/h2,4-5,10H,1,3,6-9H2. The molecule has 0 aliphatic rings. The number of hydrogen-bond acceptors (Lipinski definition) is 1. The van der Waals surface area contributed by atoms with Crippen LogP contribution in [0.2, 0.25) is 0 Å². The first-order valence-corrected chi connectivity index (χ1v) is 3.78. The molecule has 10 heavy (non-hydrogen) atoms. The summed E-state index contributed by atoms with van der Waals surface area (Å²) in [4.78, 5) is 0. The summed E-state index contributed by atoms with van der Waals surface area (Å²) in [7, 11) is 0. The minimum absolute atomic E-state index is 0.315. The molecular weight excluding hydrogens is 124 g/mol. The second kappa shape index (κ2) is 8.44. The van der Waals surface area contributed by atoms with Crippen molar-refractivity contribution in [2.24, 2.45) is 0 Å². The molecule has 0 aromatic carbocycles. The zero-order chi connectivity index (χ0) is 7.66. The maximum absolute atomic E-state index is 8.43. The van der Waals surface area contributed by atoms with Crippen molar-refractivity contribution in [2.75, 3.05) is 6.61 Å². The van der Waals surface area contributed by atoms with Crippen LogP contribution in [0.4, 0.5) is 0 Å². The van der Waals surface area contributed by atoms with E-state index in [1.165, 1.54) is 0 Å². The van der Waals surface area contributed by atoms with Crippen molar-refractivity contribution < 1.29 is 5.11 Å². The molecule has 0 heterocycles. The minimum Gasteiger partial charge on any atom is -0.396 e. The van der Waals surface area contributed by atoms with E-state index in [-0.39, 0.29) is 0 Å². The molecule has 1 heteroatoms. The topological polar surface area (TPSA) is 20.2 Å². The Morgan fingerprint density at radius 2 is 2.00 bits per heavy atom. The summed E-state index contributed by atoms with van der Waals surface area (Å²) in [6.07, 6.45) is 10.2. The Labute approximate surface area is 63.1 Å². The van der Waals surface area contributed by atoms with Gasteiger partial charge in [-0.25, -0.2) is 0 Å². The van der Waals surface area contributed by atoms with Gasteiger partial charge in [0.1, 0.15) is 0 Å². The van der Waals surface area contributed by atoms with Gasteiger partial charge in [0.2, 0.25) is 0 Å². The summed E-state index contributed by atoms with van der Waals surface area (Å²) >= 11 is 0. The molecule has 1 nitrogen and oxygen atoms in total. The first-order chi connectivity index (χ1) is 4.91. The number of allylic oxidation sites excluding steroid dienone is 3. The van der Waals surface area contributed by atoms with E-state index in [1.807, 2.05) is 6.08 Å². The van der Waals surface area contributed by atoms with Gasteiger partial charge in [-0.15, -0.1) is 6.58 Å². The number of aliphatic hydroxyl groups is 1. The van der Waals surface area contributed by atoms with Crippen LogP contribution in [0.15, 0.2) is 24.8 Å². The quantitative estimate of drug-likeness (QED) is 0.443. The van der Waals surface area contributed by atoms with Crippen molar-refractivity contribution in [1.29, 1.82) is 0 Å². The van der Waals surface area contributed by atoms with Gasteiger partial charge in [0.05, 0.1) is 0 Å². The fraction of sp³-hybridized carbons (Fsp3) is 0.556. The van der Waals surface area contributed by atoms with Crippen LogP contribution >= 0.6 is 0 Å². The first kappa shape index (κ1) is 9.44. The molecule has 0 aromatic rings. The Morgan fingerprint density at radius 3 is 2.60 bits per heavy atom. The average Bonchev–Trinajstić information content (AvgIpc) is 1.97. The molecule has 0 bridgehead atoms. The number of unbranched alkanes of at least 4 members (excludes halogenated alkanes) is 2. The lowest BCUT2D eigenvalue weighted by Crippen LogP contribution is -1.79. The summed E-state index contributed by atoms with van der Waals surface area (Å²) in [5.41, 5.74) is 0. The van der Waals surface area contributed by atoms with Crippen molar-refractivity contribution >= 4 is 0 Å². The SMILES string of the molecule is C=CCC=CCCCCO. The van der Waals surface area contributed by atoms with E-state index >= 15 is 0 Å². The number of aliphatic hydroxyl groups excluding tert-OH is 1. The molecule has 0 radical (unpaired) electrons. The Hall–Kier alpha value is -0.560. The second-order valence-electron chi connectivity index (χ2n) is 2.22. The lowest BCUT2D eigenvalue weighted by molar-refractivity contribution is 0.285. The largest absolute Gasteiger partial charge is 0.396 e. The van der Waals surface area contributed by atoms with Gasteiger partial charge >= 0.3 is 0 Å². The third-order valence-electron chi connectivity index (χ3n) is 1.25. The molecule has 0 spiro atoms. The minimum atomic E-state index is 0.315. The summed E-state index contributed by atoms with van der Waals surface area (Å²) in [5.74, 6) is 0. The van der Waals surface area contributed by atoms with Gasteiger partial charge in [0, 0.05) is 6.61 Å². The number of hydrogen-bond donors (Lipinski definition) is 1. The van der Waals surface area contributed by atoms with Crippen molar-refractivity contribution in [1.82, 2.24) is 0 Å². The lowest BCUT2D eigenvalue weighted by Gasteiger charge is -1.89. The molecule has 58 valence electrons. The van der Waals surface area contributed by atoms with Crippen LogP contribution in [-0.2, 0) is 0 Å². The first-order valence-electron chi connectivity index (χ1n) is 3.78. The Morgan fingerprint density at radius 1 is 1.20 bits per heavy atom. The van der Waals surface area contributed by atoms with Crippen LogP contribution in [0.1, 0.15) is 25.7 Å². The molecular formula is C9H16O. The van der Waals surface area contributed by atoms with Crippen LogP contribution in [0.3, 0.4) is 0 Å². The smallest absolute Gasteiger partial charge is 0.0431 e. The third-order valence-corrected chi connectivity index (χ3v) is 1.25. The van der Waals surface area contributed by atoms with Gasteiger partial charge in [-0.1, -0.05) is 18.2 Å². The molecule has 0 saturated carbocycles. The van der Waals surface area contributed by atoms with Gasteiger partial charge in [0.25, 0.3) is 0 Å². The zero-order valence-corrected chi connectivity index (χ0v) is 6.42. The van der Waals surface area contributed by atoms with Crippen molar-refractivity contribution in [3.63, 3.8) is 0 Å². The average molecular weight is 140 g/mol. The Kier molecular flexibility index (Phi) is 7.97. The van der Waals surface area contributed by atoms with E-state index in [4.69, 9.17) is 5.11 Å². The summed E-state index contributed by atoms with van der Waals surface area (Å²) in [6.45, 7) is 3.92. The molecule has 0 saturated heterocycles. The fourth-order valence-electron chi connectivity index (χ4n) is 0.684. The van der Waals surface area contributed by atoms with Crippen molar-refractivity contribution in [3.05, 3.63) is 24.8 Å². The maximum atomic E-state index is 8.43. The molecule has 0 aromatic heterocycles. The van der Waals surface area contributed by atoms with Crippen molar-refractivity contribution in [3.8, 4) is 0 Å². The molecule has 0 amide bonds. The predicted octanol–water partition coefficient (Wildman–Crippen LogP) is 2.28. The molecule has 0 unspecified atom stereocenters. The van der Waals surface area contributed by atoms with Crippen LogP contribution in [-0.4, -0.2) is 11.7 Å². The zero-order valence-electron chi connectivity index (χ0n) is 6.42. The van der Waals surface area contributed by atoms with E-state index in [2.05, 4.69) is 18.7 Å². The highest BCUT2D eigenvalue weighted by Gasteiger charge is 1.80. The second-order valence-corrected chi connectivity index (χ2v) is 2.22. The monoisotopic (exact) mass is 140 g/mol. The Balaban J connectivity index is 2.94. The van der Waals surface area contributed by atoms with E-state index in [1.54, 1.807) is 0 Å². The van der Waals surface area contributed by atoms with Gasteiger partial charge in [-0.3, -0.25) is 0 Å². The van der Waals surface area contributed by atoms with Gasteiger partial charge in [0.15, 0.2) is 0 Å². The van der Waals surface area contributed by atoms with Crippen LogP contribution in [0.5, 0.6) is 0 Å². The van der Waals surface area contributed by atoms with E-state index in [0.29, 0.717) is 6.61 Å². The van der Waals surface area contributed by atoms with E-state index < -0.39 is 0 Å². The number of rotatable bonds is 6. The van der Waals surface area contributed by atoms with Crippen LogP contribution < -0.4 is 0 Å². The molecule has 0 atom stereocenters. The summed E-state index contributed by atoms with van der Waals surface area (Å²) in [6, 6.07) is 0. The predicted molar refractivity (Wildman–Crippen MR) is 44.9 cm³/mol. The highest BCUT2D eigenvalue weighted by molar-refractivity contribution is 4.87. The van der Waals surface area contributed by atoms with Gasteiger partial charge < -0.3 is 5.11 Å². The summed E-state index contributed by atoms with van der Waals surface area (Å²) in [5, 5.41) is 8.43.